The molecule has 6 rings (SSSR count). The molecule has 1 aromatic carbocycles. The molecule has 352 valence electrons. The standard InChI is InChI=1S/C21H39N7O12.C16H18N2O4S/c1-5-21(36,4-30)16(40-17-9(26-2)13(34)10(31)6(3-29)38-17)18(37-5)39-15-8(28-20(24)25)11(32)7(27-19(22)23)12(33)14(15)35;1-16(2)12(15(21)22)18-13(20)11(14(18)23-16)17-10(19)8-9-6-4-3-5-7-9/h4-18,26,29,31-36H,3H2,1-2H3,(H4,22,23,27)(H4,24,25,28);3-7,11-12,14H,8H2,1-2H3,(H,17,19)(H,21,22). The van der Waals surface area contributed by atoms with Gasteiger partial charge in [0.1, 0.15) is 78.4 Å². The van der Waals surface area contributed by atoms with Crippen LogP contribution in [-0.2, 0) is 44.5 Å². The van der Waals surface area contributed by atoms with Crippen molar-refractivity contribution in [1.29, 1.82) is 0 Å². The predicted octanol–water partition coefficient (Wildman–Crippen LogP) is -7.30. The van der Waals surface area contributed by atoms with E-state index in [0.717, 1.165) is 5.56 Å². The van der Waals surface area contributed by atoms with E-state index in [0.29, 0.717) is 0 Å². The number of nitrogens with zero attached hydrogens (tertiary/aromatic N) is 3. The van der Waals surface area contributed by atoms with Crippen molar-refractivity contribution in [1.82, 2.24) is 15.5 Å². The molecule has 0 bridgehead atoms. The number of likely N-dealkylation sites (N-methyl/N-ethyl adjacent to an activating group) is 1. The predicted molar refractivity (Wildman–Crippen MR) is 219 cm³/mol. The van der Waals surface area contributed by atoms with Crippen LogP contribution in [0.4, 0.5) is 0 Å². The van der Waals surface area contributed by atoms with Crippen molar-refractivity contribution in [2.75, 3.05) is 13.7 Å². The molecule has 25 nitrogen and oxygen atoms in total. The summed E-state index contributed by atoms with van der Waals surface area (Å²) in [6, 6.07) is 3.70. The summed E-state index contributed by atoms with van der Waals surface area (Å²) in [6.07, 6.45) is -17.1. The van der Waals surface area contributed by atoms with E-state index in [-0.39, 0.29) is 29.9 Å². The van der Waals surface area contributed by atoms with E-state index < -0.39 is 133 Å². The van der Waals surface area contributed by atoms with Crippen LogP contribution in [-0.4, -0.2) is 209 Å². The number of nitrogens with two attached hydrogens (primary N) is 4. The highest BCUT2D eigenvalue weighted by Crippen LogP contribution is 2.50. The number of ether oxygens (including phenoxy) is 4. The molecular weight excluding hydrogens is 859 g/mol. The number of guanidine groups is 2. The molecule has 4 saturated heterocycles. The smallest absolute Gasteiger partial charge is 0.327 e. The zero-order valence-electron chi connectivity index (χ0n) is 34.6. The van der Waals surface area contributed by atoms with Crippen LogP contribution in [0.15, 0.2) is 40.3 Å². The molecule has 63 heavy (non-hydrogen) atoms. The largest absolute Gasteiger partial charge is 0.480 e. The number of hydrogen-bond donors (Lipinski definition) is 14. The van der Waals surface area contributed by atoms with Crippen LogP contribution in [0.3, 0.4) is 0 Å². The Balaban J connectivity index is 0.000000274. The van der Waals surface area contributed by atoms with Gasteiger partial charge in [-0.05, 0) is 33.4 Å². The number of aliphatic imine (C=N–C) groups is 2. The molecule has 4 heterocycles. The number of aldehydes is 1. The SMILES string of the molecule is CC1(C)SC2C(NC(=O)Cc3ccccc3)C(=O)N2C1C(=O)O.CNC1C(OC2C(OC3C(O)C(O)C(N=C(N)N)C(O)C3N=C(N)N)OC(C)C2(O)C=O)OC(CO)C(O)C1O. The summed E-state index contributed by atoms with van der Waals surface area (Å²) in [4.78, 5) is 56.9. The van der Waals surface area contributed by atoms with Crippen LogP contribution in [0, 0.1) is 0 Å². The average Bonchev–Trinajstić information content (AvgIpc) is 3.62. The Morgan fingerprint density at radius 1 is 0.921 bits per heavy atom. The number of hydrogen-bond acceptors (Lipinski definition) is 19. The molecule has 5 fully saturated rings. The second-order valence-electron chi connectivity index (χ2n) is 16.2. The molecule has 1 aliphatic carbocycles. The number of carbonyl (C=O) groups is 4. The van der Waals surface area contributed by atoms with Crippen molar-refractivity contribution >= 4 is 47.8 Å². The first-order valence-corrected chi connectivity index (χ1v) is 20.6. The van der Waals surface area contributed by atoms with Gasteiger partial charge in [0.2, 0.25) is 11.8 Å². The number of aliphatic hydroxyl groups excluding tert-OH is 6. The number of aliphatic carboxylic acids is 1. The minimum atomic E-state index is -2.38. The lowest BCUT2D eigenvalue weighted by atomic mass is 9.81. The zero-order valence-corrected chi connectivity index (χ0v) is 35.4. The lowest BCUT2D eigenvalue weighted by Gasteiger charge is -2.45. The fourth-order valence-electron chi connectivity index (χ4n) is 8.23. The maximum absolute atomic E-state index is 12.3. The Labute approximate surface area is 364 Å². The van der Waals surface area contributed by atoms with Gasteiger partial charge in [-0.15, -0.1) is 11.8 Å². The van der Waals surface area contributed by atoms with Gasteiger partial charge in [-0.1, -0.05) is 30.3 Å². The Kier molecular flexibility index (Phi) is 15.7. The molecule has 18 unspecified atom stereocenters. The molecule has 0 radical (unpaired) electrons. The first-order valence-electron chi connectivity index (χ1n) is 19.7. The summed E-state index contributed by atoms with van der Waals surface area (Å²) in [7, 11) is 1.42. The third-order valence-corrected chi connectivity index (χ3v) is 13.1. The van der Waals surface area contributed by atoms with Gasteiger partial charge in [0.05, 0.1) is 25.2 Å². The molecule has 5 aliphatic rings. The van der Waals surface area contributed by atoms with Crippen LogP contribution in [0.25, 0.3) is 0 Å². The molecule has 1 saturated carbocycles. The first kappa shape index (κ1) is 49.7. The minimum Gasteiger partial charge on any atom is -0.480 e. The minimum absolute atomic E-state index is 0.140. The number of fused-ring (bicyclic) bond motifs is 1. The highest BCUT2D eigenvalue weighted by molar-refractivity contribution is 8.01. The van der Waals surface area contributed by atoms with Crippen molar-refractivity contribution in [3.63, 3.8) is 0 Å². The number of rotatable bonds is 13. The normalized spacial score (nSPS) is 40.3. The fraction of sp³-hybridized carbons (Fsp3) is 0.676. The molecule has 18 N–H and O–H groups in total. The van der Waals surface area contributed by atoms with E-state index in [2.05, 4.69) is 20.6 Å². The maximum Gasteiger partial charge on any atom is 0.327 e. The highest BCUT2D eigenvalue weighted by atomic mass is 32.2. The van der Waals surface area contributed by atoms with Gasteiger partial charge in [0.25, 0.3) is 0 Å². The molecular formula is C37H57N9O16S. The summed E-state index contributed by atoms with van der Waals surface area (Å²) in [5, 5.41) is 88.4. The monoisotopic (exact) mass is 915 g/mol. The van der Waals surface area contributed by atoms with Crippen molar-refractivity contribution in [3.8, 4) is 0 Å². The van der Waals surface area contributed by atoms with Gasteiger partial charge in [-0.2, -0.15) is 0 Å². The zero-order chi connectivity index (χ0) is 46.9. The quantitative estimate of drug-likeness (QED) is 0.0378. The number of nitrogens with one attached hydrogen (secondary N) is 2. The number of amides is 2. The summed E-state index contributed by atoms with van der Waals surface area (Å²) in [5.41, 5.74) is 20.3. The summed E-state index contributed by atoms with van der Waals surface area (Å²) in [5.74, 6) is -2.59. The van der Waals surface area contributed by atoms with E-state index in [4.69, 9.17) is 41.9 Å². The average molecular weight is 916 g/mol. The summed E-state index contributed by atoms with van der Waals surface area (Å²) in [6.45, 7) is 4.24. The summed E-state index contributed by atoms with van der Waals surface area (Å²) < 4.78 is 22.4. The second-order valence-corrected chi connectivity index (χ2v) is 18.0. The van der Waals surface area contributed by atoms with E-state index in [1.807, 2.05) is 44.2 Å². The highest BCUT2D eigenvalue weighted by Gasteiger charge is 2.64. The Hall–Kier alpha value is -4.29. The third-order valence-electron chi connectivity index (χ3n) is 11.5. The van der Waals surface area contributed by atoms with Crippen LogP contribution in [0.2, 0.25) is 0 Å². The van der Waals surface area contributed by atoms with Crippen LogP contribution in [0.1, 0.15) is 26.3 Å². The molecule has 2 amide bonds. The van der Waals surface area contributed by atoms with Crippen LogP contribution >= 0.6 is 11.8 Å². The third kappa shape index (κ3) is 10.0. The molecule has 26 heteroatoms. The molecule has 18 atom stereocenters. The molecule has 4 aliphatic heterocycles. The Morgan fingerprint density at radius 3 is 2.10 bits per heavy atom. The van der Waals surface area contributed by atoms with Crippen molar-refractivity contribution in [2.45, 2.75) is 141 Å². The van der Waals surface area contributed by atoms with Crippen molar-refractivity contribution in [3.05, 3.63) is 35.9 Å². The van der Waals surface area contributed by atoms with Gasteiger partial charge in [-0.3, -0.25) is 14.4 Å². The number of aliphatic hydroxyl groups is 7. The van der Waals surface area contributed by atoms with Crippen molar-refractivity contribution < 1.29 is 79.0 Å². The number of thioether (sulfide) groups is 1. The van der Waals surface area contributed by atoms with Gasteiger partial charge < -0.3 is 98.3 Å². The fourth-order valence-corrected chi connectivity index (χ4v) is 9.86. The molecule has 1 aromatic rings. The maximum atomic E-state index is 12.3. The first-order chi connectivity index (χ1) is 29.5. The molecule has 0 spiro atoms. The number of carboxylic acids is 1. The second kappa shape index (κ2) is 19.8. The number of carbonyl (C=O) groups excluding carboxylic acids is 3. The molecule has 0 aromatic heterocycles. The van der Waals surface area contributed by atoms with E-state index >= 15 is 0 Å². The number of β-lactam (4-membered cyclic amide) rings is 1. The van der Waals surface area contributed by atoms with Gasteiger partial charge in [-0.25, -0.2) is 14.8 Å². The topological polar surface area (TPSA) is 423 Å². The lowest BCUT2D eigenvalue weighted by molar-refractivity contribution is -0.314. The van der Waals surface area contributed by atoms with Crippen molar-refractivity contribution in [2.24, 2.45) is 32.9 Å². The van der Waals surface area contributed by atoms with Gasteiger partial charge in [0, 0.05) is 4.75 Å². The number of benzene rings is 1. The van der Waals surface area contributed by atoms with Crippen LogP contribution in [0.5, 0.6) is 0 Å². The summed E-state index contributed by atoms with van der Waals surface area (Å²) >= 11 is 1.42. The van der Waals surface area contributed by atoms with E-state index in [1.54, 1.807) is 0 Å². The van der Waals surface area contributed by atoms with Crippen LogP contribution < -0.4 is 33.6 Å². The van der Waals surface area contributed by atoms with Gasteiger partial charge in [0.15, 0.2) is 36.4 Å². The van der Waals surface area contributed by atoms with Gasteiger partial charge >= 0.3 is 5.97 Å². The number of carboxylic acid groups (broad SMARTS) is 1. The van der Waals surface area contributed by atoms with E-state index in [9.17, 15) is 60.0 Å². The Bertz CT molecular complexity index is 1860. The lowest BCUT2D eigenvalue weighted by Crippen LogP contribution is -2.70. The van der Waals surface area contributed by atoms with E-state index in [1.165, 1.54) is 30.6 Å². The Morgan fingerprint density at radius 2 is 1.54 bits per heavy atom.